The Morgan fingerprint density at radius 1 is 0.371 bits per heavy atom. The third kappa shape index (κ3) is 4.42. The van der Waals surface area contributed by atoms with Gasteiger partial charge in [-0.2, -0.15) is 0 Å². The van der Waals surface area contributed by atoms with E-state index in [1.807, 2.05) is 22.7 Å². The lowest BCUT2D eigenvalue weighted by molar-refractivity contribution is 0.659. The molecule has 0 saturated carbocycles. The number of benzene rings is 9. The Morgan fingerprint density at radius 2 is 0.952 bits per heavy atom. The predicted molar refractivity (Wildman–Crippen MR) is 266 cm³/mol. The van der Waals surface area contributed by atoms with Gasteiger partial charge in [0.05, 0.1) is 5.69 Å². The molecule has 0 saturated heterocycles. The fraction of sp³-hybridized carbons (Fsp3) is 0.0847. The van der Waals surface area contributed by atoms with Gasteiger partial charge in [0, 0.05) is 73.7 Å². The monoisotopic (exact) mass is 825 g/mol. The van der Waals surface area contributed by atoms with Crippen LogP contribution in [0.4, 0.5) is 17.1 Å². The Bertz CT molecular complexity index is 3730. The number of thiophene rings is 2. The summed E-state index contributed by atoms with van der Waals surface area (Å²) in [6.07, 6.45) is 0. The molecule has 62 heavy (non-hydrogen) atoms. The lowest BCUT2D eigenvalue weighted by Gasteiger charge is -2.31. The van der Waals surface area contributed by atoms with Crippen molar-refractivity contribution in [1.82, 2.24) is 0 Å². The summed E-state index contributed by atoms with van der Waals surface area (Å²) in [5, 5.41) is 5.31. The molecular weight excluding hydrogens is 787 g/mol. The van der Waals surface area contributed by atoms with Crippen LogP contribution in [0.2, 0.25) is 0 Å². The van der Waals surface area contributed by atoms with E-state index in [1.54, 1.807) is 0 Å². The molecule has 1 atom stereocenters. The summed E-state index contributed by atoms with van der Waals surface area (Å²) in [5.41, 5.74) is 20.3. The smallest absolute Gasteiger partial charge is 0.0543 e. The molecular formula is C59H39NS2. The summed E-state index contributed by atoms with van der Waals surface area (Å²) >= 11 is 3.82. The summed E-state index contributed by atoms with van der Waals surface area (Å²) in [7, 11) is 0. The Labute approximate surface area is 368 Å². The number of nitrogens with zero attached hydrogens (tertiary/aromatic N) is 1. The van der Waals surface area contributed by atoms with Crippen molar-refractivity contribution in [1.29, 1.82) is 0 Å². The first-order valence-corrected chi connectivity index (χ1v) is 23.3. The molecule has 4 heterocycles. The second kappa shape index (κ2) is 12.2. The van der Waals surface area contributed by atoms with Crippen LogP contribution in [0.1, 0.15) is 48.6 Å². The second-order valence-corrected chi connectivity index (χ2v) is 20.2. The number of anilines is 3. The van der Waals surface area contributed by atoms with Crippen molar-refractivity contribution < 1.29 is 0 Å². The van der Waals surface area contributed by atoms with Gasteiger partial charge in [-0.25, -0.2) is 0 Å². The lowest BCUT2D eigenvalue weighted by atomic mass is 9.71. The molecule has 3 heteroatoms. The second-order valence-electron chi connectivity index (χ2n) is 18.1. The van der Waals surface area contributed by atoms with Crippen molar-refractivity contribution >= 4 is 80.1 Å². The Morgan fingerprint density at radius 3 is 1.71 bits per heavy atom. The standard InChI is InChI=1S/C59H39NS2/c1-58(2)47-18-11-19-51-55(47)45-33-50-44(32-49(45)58)39-12-4-7-17-46(39)59(50,3)48-31-30-43-41-14-6-9-21-53(41)62-57(43)54(48)35-24-28-37(29-25-35)60(51)36-26-22-34(23-27-36)38-15-10-16-42-40-13-5-8-20-52(40)61-56(38)42/h4-33H,1-3H3. The highest BCUT2D eigenvalue weighted by Gasteiger charge is 2.46. The molecule has 15 rings (SSSR count). The van der Waals surface area contributed by atoms with Gasteiger partial charge in [-0.15, -0.1) is 22.7 Å². The van der Waals surface area contributed by atoms with Crippen LogP contribution in [0.25, 0.3) is 84.9 Å². The van der Waals surface area contributed by atoms with E-state index in [2.05, 4.69) is 208 Å². The Kier molecular flexibility index (Phi) is 6.86. The quantitative estimate of drug-likeness (QED) is 0.168. The van der Waals surface area contributed by atoms with E-state index in [1.165, 1.54) is 118 Å². The summed E-state index contributed by atoms with van der Waals surface area (Å²) in [6.45, 7) is 7.34. The summed E-state index contributed by atoms with van der Waals surface area (Å²) < 4.78 is 5.35. The number of fused-ring (bicyclic) bond motifs is 10. The van der Waals surface area contributed by atoms with E-state index in [9.17, 15) is 0 Å². The van der Waals surface area contributed by atoms with E-state index in [0.717, 1.165) is 11.4 Å². The number of rotatable bonds is 2. The van der Waals surface area contributed by atoms with Gasteiger partial charge in [0.2, 0.25) is 0 Å². The molecule has 0 amide bonds. The van der Waals surface area contributed by atoms with E-state index in [4.69, 9.17) is 0 Å². The fourth-order valence-corrected chi connectivity index (χ4v) is 14.2. The van der Waals surface area contributed by atoms with Crippen LogP contribution in [0.3, 0.4) is 0 Å². The predicted octanol–water partition coefficient (Wildman–Crippen LogP) is 17.2. The third-order valence-corrected chi connectivity index (χ3v) is 17.1. The first-order valence-electron chi connectivity index (χ1n) is 21.7. The molecule has 9 aromatic carbocycles. The molecule has 11 aromatic rings. The maximum atomic E-state index is 2.60. The van der Waals surface area contributed by atoms with E-state index >= 15 is 0 Å². The minimum absolute atomic E-state index is 0.190. The van der Waals surface area contributed by atoms with Crippen molar-refractivity contribution in [3.8, 4) is 44.5 Å². The maximum absolute atomic E-state index is 2.60. The van der Waals surface area contributed by atoms with Gasteiger partial charge in [-0.05, 0) is 123 Å². The van der Waals surface area contributed by atoms with Crippen LogP contribution in [0.5, 0.6) is 0 Å². The Hall–Kier alpha value is -6.78. The molecule has 0 spiro atoms. The zero-order valence-electron chi connectivity index (χ0n) is 34.6. The van der Waals surface area contributed by atoms with Crippen LogP contribution in [-0.4, -0.2) is 0 Å². The van der Waals surface area contributed by atoms with Crippen LogP contribution in [0.15, 0.2) is 182 Å². The van der Waals surface area contributed by atoms with Gasteiger partial charge in [0.1, 0.15) is 0 Å². The van der Waals surface area contributed by atoms with Gasteiger partial charge in [0.25, 0.3) is 0 Å². The molecule has 0 fully saturated rings. The molecule has 0 N–H and O–H groups in total. The average Bonchev–Trinajstić information content (AvgIpc) is 4.02. The molecule has 4 bridgehead atoms. The largest absolute Gasteiger partial charge is 0.310 e. The van der Waals surface area contributed by atoms with Crippen LogP contribution in [0, 0.1) is 0 Å². The van der Waals surface area contributed by atoms with Crippen molar-refractivity contribution in [2.45, 2.75) is 31.6 Å². The zero-order valence-corrected chi connectivity index (χ0v) is 36.2. The highest BCUT2D eigenvalue weighted by atomic mass is 32.1. The first-order chi connectivity index (χ1) is 30.4. The highest BCUT2D eigenvalue weighted by Crippen LogP contribution is 2.62. The van der Waals surface area contributed by atoms with Gasteiger partial charge in [-0.3, -0.25) is 0 Å². The summed E-state index contributed by atoms with van der Waals surface area (Å²) in [5.74, 6) is 0. The van der Waals surface area contributed by atoms with Crippen molar-refractivity contribution in [3.05, 3.63) is 210 Å². The first kappa shape index (κ1) is 34.9. The van der Waals surface area contributed by atoms with Crippen LogP contribution in [-0.2, 0) is 10.8 Å². The van der Waals surface area contributed by atoms with E-state index in [0.29, 0.717) is 0 Å². The van der Waals surface area contributed by atoms with Crippen molar-refractivity contribution in [3.63, 3.8) is 0 Å². The summed E-state index contributed by atoms with van der Waals surface area (Å²) in [6, 6.07) is 69.5. The highest BCUT2D eigenvalue weighted by molar-refractivity contribution is 7.26. The van der Waals surface area contributed by atoms with Gasteiger partial charge < -0.3 is 4.90 Å². The molecule has 1 unspecified atom stereocenters. The third-order valence-electron chi connectivity index (χ3n) is 14.7. The lowest BCUT2D eigenvalue weighted by Crippen LogP contribution is -2.24. The van der Waals surface area contributed by atoms with Crippen LogP contribution < -0.4 is 4.90 Å². The SMILES string of the molecule is CC1(C)c2cc3c4cc2-c2c(cccc21)N(c1ccc(-c2cccc5c2sc2ccccc25)cc1)c1ccc(cc1)-c1c(ccc2c1sc1ccccc12)C4(C)c1ccccc1-3. The molecule has 0 radical (unpaired) electrons. The molecule has 2 aromatic heterocycles. The van der Waals surface area contributed by atoms with Crippen LogP contribution >= 0.6 is 22.7 Å². The topological polar surface area (TPSA) is 3.24 Å². The molecule has 2 aliphatic heterocycles. The van der Waals surface area contributed by atoms with Gasteiger partial charge in [0.15, 0.2) is 0 Å². The number of hydrogen-bond acceptors (Lipinski definition) is 3. The summed E-state index contributed by atoms with van der Waals surface area (Å²) in [4.78, 5) is 2.51. The Balaban J connectivity index is 1.05. The van der Waals surface area contributed by atoms with E-state index in [-0.39, 0.29) is 10.8 Å². The zero-order chi connectivity index (χ0) is 41.1. The fourth-order valence-electron chi connectivity index (χ4n) is 11.7. The molecule has 2 aliphatic carbocycles. The normalized spacial score (nSPS) is 16.5. The van der Waals surface area contributed by atoms with Crippen molar-refractivity contribution in [2.24, 2.45) is 0 Å². The van der Waals surface area contributed by atoms with Gasteiger partial charge >= 0.3 is 0 Å². The number of hydrogen-bond donors (Lipinski definition) is 0. The van der Waals surface area contributed by atoms with Crippen molar-refractivity contribution in [2.75, 3.05) is 4.90 Å². The van der Waals surface area contributed by atoms with E-state index < -0.39 is 0 Å². The minimum atomic E-state index is -0.387. The molecule has 1 nitrogen and oxygen atoms in total. The molecule has 292 valence electrons. The minimum Gasteiger partial charge on any atom is -0.310 e. The van der Waals surface area contributed by atoms with Gasteiger partial charge in [-0.1, -0.05) is 141 Å². The maximum Gasteiger partial charge on any atom is 0.0543 e. The average molecular weight is 826 g/mol. The molecule has 4 aliphatic rings.